The number of hydrogen-bond acceptors (Lipinski definition) is 3. The van der Waals surface area contributed by atoms with Gasteiger partial charge in [-0.3, -0.25) is 14.5 Å². The maximum absolute atomic E-state index is 14.1. The van der Waals surface area contributed by atoms with E-state index < -0.39 is 24.0 Å². The third kappa shape index (κ3) is 4.64. The van der Waals surface area contributed by atoms with Gasteiger partial charge in [0.15, 0.2) is 5.41 Å². The van der Waals surface area contributed by atoms with Crippen molar-refractivity contribution in [2.24, 2.45) is 5.41 Å². The van der Waals surface area contributed by atoms with Gasteiger partial charge in [0.2, 0.25) is 11.8 Å². The molecule has 3 rings (SSSR count). The highest BCUT2D eigenvalue weighted by molar-refractivity contribution is 5.98. The van der Waals surface area contributed by atoms with Gasteiger partial charge in [-0.1, -0.05) is 36.4 Å². The first-order chi connectivity index (χ1) is 14.1. The molecule has 30 heavy (non-hydrogen) atoms. The van der Waals surface area contributed by atoms with Crippen LogP contribution in [0.2, 0.25) is 0 Å². The van der Waals surface area contributed by atoms with E-state index in [2.05, 4.69) is 10.6 Å². The highest BCUT2D eigenvalue weighted by Crippen LogP contribution is 2.46. The van der Waals surface area contributed by atoms with Gasteiger partial charge in [0, 0.05) is 31.4 Å². The molecular formula is C22H24F3N3O2. The van der Waals surface area contributed by atoms with Gasteiger partial charge in [-0.2, -0.15) is 13.2 Å². The Balaban J connectivity index is 1.81. The summed E-state index contributed by atoms with van der Waals surface area (Å²) in [5.41, 5.74) is -0.334. The topological polar surface area (TPSA) is 61.4 Å². The lowest BCUT2D eigenvalue weighted by Crippen LogP contribution is -2.50. The van der Waals surface area contributed by atoms with Crippen LogP contribution >= 0.6 is 0 Å². The first-order valence-electron chi connectivity index (χ1n) is 9.63. The van der Waals surface area contributed by atoms with Crippen molar-refractivity contribution in [3.05, 3.63) is 59.7 Å². The number of carbonyl (C=O) groups excluding carboxylic acids is 2. The molecule has 0 bridgehead atoms. The summed E-state index contributed by atoms with van der Waals surface area (Å²) >= 11 is 0. The van der Waals surface area contributed by atoms with Crippen LogP contribution in [0.1, 0.15) is 24.5 Å². The highest BCUT2D eigenvalue weighted by Gasteiger charge is 2.63. The molecule has 2 aromatic carbocycles. The van der Waals surface area contributed by atoms with Crippen LogP contribution in [0, 0.1) is 12.3 Å². The number of carbonyl (C=O) groups is 2. The predicted molar refractivity (Wildman–Crippen MR) is 109 cm³/mol. The summed E-state index contributed by atoms with van der Waals surface area (Å²) < 4.78 is 42.3. The molecule has 2 N–H and O–H groups in total. The van der Waals surface area contributed by atoms with E-state index in [1.807, 2.05) is 30.3 Å². The number of benzene rings is 2. The first kappa shape index (κ1) is 21.8. The van der Waals surface area contributed by atoms with Crippen molar-refractivity contribution in [1.29, 1.82) is 0 Å². The predicted octanol–water partition coefficient (Wildman–Crippen LogP) is 4.35. The van der Waals surface area contributed by atoms with Crippen LogP contribution in [0.5, 0.6) is 0 Å². The number of hydrogen-bond donors (Lipinski definition) is 2. The molecule has 160 valence electrons. The Morgan fingerprint density at radius 3 is 2.43 bits per heavy atom. The van der Waals surface area contributed by atoms with Gasteiger partial charge < -0.3 is 10.6 Å². The minimum Gasteiger partial charge on any atom is -0.326 e. The second kappa shape index (κ2) is 8.47. The fourth-order valence-corrected chi connectivity index (χ4v) is 3.69. The Hall–Kier alpha value is -2.87. The molecule has 0 saturated carbocycles. The molecule has 0 aromatic heterocycles. The molecule has 1 atom stereocenters. The Morgan fingerprint density at radius 1 is 1.10 bits per heavy atom. The molecule has 1 aliphatic rings. The zero-order valence-corrected chi connectivity index (χ0v) is 16.8. The second-order valence-electron chi connectivity index (χ2n) is 7.69. The highest BCUT2D eigenvalue weighted by atomic mass is 19.4. The molecule has 5 nitrogen and oxygen atoms in total. The van der Waals surface area contributed by atoms with Gasteiger partial charge in [0.05, 0.1) is 0 Å². The summed E-state index contributed by atoms with van der Waals surface area (Å²) in [4.78, 5) is 25.8. The molecule has 0 radical (unpaired) electrons. The average molecular weight is 419 g/mol. The normalized spacial score (nSPS) is 19.5. The Bertz CT molecular complexity index is 931. The van der Waals surface area contributed by atoms with E-state index in [1.54, 1.807) is 24.0 Å². The molecule has 0 aliphatic carbocycles. The first-order valence-corrected chi connectivity index (χ1v) is 9.63. The molecular weight excluding hydrogens is 395 g/mol. The number of anilines is 2. The van der Waals surface area contributed by atoms with Crippen molar-refractivity contribution < 1.29 is 22.8 Å². The molecule has 1 fully saturated rings. The standard InChI is InChI=1S/C22H24F3N3O2/c1-15-8-9-18(26-16(2)29)12-19(15)27-20(30)21(22(23,24)25)10-11-28(14-21)13-17-6-4-3-5-7-17/h3-9,12H,10-11,13-14H2,1-2H3,(H,26,29)(H,27,30). The van der Waals surface area contributed by atoms with E-state index in [1.165, 1.54) is 13.0 Å². The Labute approximate surface area is 173 Å². The van der Waals surface area contributed by atoms with E-state index in [0.29, 0.717) is 17.8 Å². The molecule has 2 amide bonds. The largest absolute Gasteiger partial charge is 0.404 e. The minimum atomic E-state index is -4.69. The summed E-state index contributed by atoms with van der Waals surface area (Å²) in [6, 6.07) is 13.9. The van der Waals surface area contributed by atoms with Crippen molar-refractivity contribution in [3.63, 3.8) is 0 Å². The number of nitrogens with one attached hydrogen (secondary N) is 2. The van der Waals surface area contributed by atoms with Crippen LogP contribution in [-0.2, 0) is 16.1 Å². The lowest BCUT2D eigenvalue weighted by Gasteiger charge is -2.31. The molecule has 1 aliphatic heterocycles. The number of alkyl halides is 3. The maximum Gasteiger partial charge on any atom is 0.404 e. The summed E-state index contributed by atoms with van der Waals surface area (Å²) in [6.07, 6.45) is -4.99. The Morgan fingerprint density at radius 2 is 1.80 bits per heavy atom. The number of aryl methyl sites for hydroxylation is 1. The van der Waals surface area contributed by atoms with Crippen molar-refractivity contribution in [2.75, 3.05) is 23.7 Å². The van der Waals surface area contributed by atoms with E-state index in [4.69, 9.17) is 0 Å². The van der Waals surface area contributed by atoms with Gasteiger partial charge >= 0.3 is 6.18 Å². The van der Waals surface area contributed by atoms with Crippen LogP contribution in [0.15, 0.2) is 48.5 Å². The lowest BCUT2D eigenvalue weighted by atomic mass is 9.85. The summed E-state index contributed by atoms with van der Waals surface area (Å²) in [7, 11) is 0. The monoisotopic (exact) mass is 419 g/mol. The molecule has 1 unspecified atom stereocenters. The fraction of sp³-hybridized carbons (Fsp3) is 0.364. The lowest BCUT2D eigenvalue weighted by molar-refractivity contribution is -0.215. The number of amides is 2. The summed E-state index contributed by atoms with van der Waals surface area (Å²) in [5, 5.41) is 5.03. The zero-order chi connectivity index (χ0) is 21.9. The maximum atomic E-state index is 14.1. The van der Waals surface area contributed by atoms with Crippen molar-refractivity contribution in [1.82, 2.24) is 4.90 Å². The van der Waals surface area contributed by atoms with E-state index in [9.17, 15) is 22.8 Å². The Kier molecular flexibility index (Phi) is 6.17. The van der Waals surface area contributed by atoms with Gasteiger partial charge in [-0.15, -0.1) is 0 Å². The average Bonchev–Trinajstić information content (AvgIpc) is 3.10. The van der Waals surface area contributed by atoms with Crippen LogP contribution in [-0.4, -0.2) is 36.0 Å². The smallest absolute Gasteiger partial charge is 0.326 e. The molecule has 8 heteroatoms. The summed E-state index contributed by atoms with van der Waals surface area (Å²) in [6.45, 7) is 3.14. The van der Waals surface area contributed by atoms with Crippen molar-refractivity contribution >= 4 is 23.2 Å². The number of nitrogens with zero attached hydrogens (tertiary/aromatic N) is 1. The molecule has 1 heterocycles. The van der Waals surface area contributed by atoms with Gasteiger partial charge in [-0.05, 0) is 43.1 Å². The van der Waals surface area contributed by atoms with E-state index >= 15 is 0 Å². The number of rotatable bonds is 5. The minimum absolute atomic E-state index is 0.173. The quantitative estimate of drug-likeness (QED) is 0.758. The van der Waals surface area contributed by atoms with Crippen LogP contribution < -0.4 is 10.6 Å². The summed E-state index contributed by atoms with van der Waals surface area (Å²) in [5.74, 6) is -1.39. The van der Waals surface area contributed by atoms with Gasteiger partial charge in [-0.25, -0.2) is 0 Å². The molecule has 0 spiro atoms. The van der Waals surface area contributed by atoms with Crippen molar-refractivity contribution in [2.45, 2.75) is 33.0 Å². The van der Waals surface area contributed by atoms with Gasteiger partial charge in [0.1, 0.15) is 0 Å². The van der Waals surface area contributed by atoms with Crippen LogP contribution in [0.3, 0.4) is 0 Å². The third-order valence-electron chi connectivity index (χ3n) is 5.38. The van der Waals surface area contributed by atoms with Crippen LogP contribution in [0.4, 0.5) is 24.5 Å². The fourth-order valence-electron chi connectivity index (χ4n) is 3.69. The van der Waals surface area contributed by atoms with Crippen LogP contribution in [0.25, 0.3) is 0 Å². The molecule has 2 aromatic rings. The SMILES string of the molecule is CC(=O)Nc1ccc(C)c(NC(=O)C2(C(F)(F)F)CCN(Cc3ccccc3)C2)c1. The zero-order valence-electron chi connectivity index (χ0n) is 16.8. The van der Waals surface area contributed by atoms with Crippen molar-refractivity contribution in [3.8, 4) is 0 Å². The molecule has 1 saturated heterocycles. The van der Waals surface area contributed by atoms with Gasteiger partial charge in [0.25, 0.3) is 0 Å². The third-order valence-corrected chi connectivity index (χ3v) is 5.38. The second-order valence-corrected chi connectivity index (χ2v) is 7.69. The number of halogens is 3. The van der Waals surface area contributed by atoms with E-state index in [0.717, 1.165) is 5.56 Å². The number of likely N-dealkylation sites (tertiary alicyclic amines) is 1. The van der Waals surface area contributed by atoms with E-state index in [-0.39, 0.29) is 24.6 Å².